The van der Waals surface area contributed by atoms with Gasteiger partial charge in [0.05, 0.1) is 0 Å². The third kappa shape index (κ3) is 3.15. The first kappa shape index (κ1) is 15.3. The summed E-state index contributed by atoms with van der Waals surface area (Å²) in [5.41, 5.74) is 8.34. The van der Waals surface area contributed by atoms with E-state index in [2.05, 4.69) is 43.4 Å². The van der Waals surface area contributed by atoms with E-state index in [9.17, 15) is 4.79 Å². The van der Waals surface area contributed by atoms with Gasteiger partial charge < -0.3 is 5.32 Å². The SMILES string of the molecule is Cc1cc(C)c(NC(=O)c2c(C)cc(C)cc2C)c(C)c1. The van der Waals surface area contributed by atoms with Gasteiger partial charge in [0, 0.05) is 11.3 Å². The van der Waals surface area contributed by atoms with Crippen LogP contribution in [0.15, 0.2) is 24.3 Å². The van der Waals surface area contributed by atoms with Crippen LogP contribution in [0.25, 0.3) is 0 Å². The third-order valence-corrected chi connectivity index (χ3v) is 3.82. The van der Waals surface area contributed by atoms with E-state index in [-0.39, 0.29) is 5.91 Å². The Balaban J connectivity index is 2.40. The van der Waals surface area contributed by atoms with Crippen molar-refractivity contribution in [2.24, 2.45) is 0 Å². The molecule has 0 unspecified atom stereocenters. The van der Waals surface area contributed by atoms with Gasteiger partial charge in [-0.25, -0.2) is 0 Å². The summed E-state index contributed by atoms with van der Waals surface area (Å²) >= 11 is 0. The Morgan fingerprint density at radius 3 is 1.52 bits per heavy atom. The van der Waals surface area contributed by atoms with Gasteiger partial charge in [-0.1, -0.05) is 35.4 Å². The minimum Gasteiger partial charge on any atom is -0.321 e. The second-order valence-corrected chi connectivity index (χ2v) is 6.00. The second kappa shape index (κ2) is 5.72. The number of hydrogen-bond acceptors (Lipinski definition) is 1. The van der Waals surface area contributed by atoms with Crippen LogP contribution in [-0.4, -0.2) is 5.91 Å². The molecule has 0 bridgehead atoms. The summed E-state index contributed by atoms with van der Waals surface area (Å²) in [6, 6.07) is 8.29. The van der Waals surface area contributed by atoms with Crippen molar-refractivity contribution < 1.29 is 4.79 Å². The van der Waals surface area contributed by atoms with Gasteiger partial charge in [-0.05, 0) is 63.8 Å². The predicted octanol–water partition coefficient (Wildman–Crippen LogP) is 4.79. The Labute approximate surface area is 127 Å². The molecular weight excluding hydrogens is 258 g/mol. The zero-order valence-corrected chi connectivity index (χ0v) is 13.7. The molecular formula is C19H23NO. The van der Waals surface area contributed by atoms with Crippen LogP contribution in [0.1, 0.15) is 43.7 Å². The molecule has 0 atom stereocenters. The largest absolute Gasteiger partial charge is 0.321 e. The van der Waals surface area contributed by atoms with Gasteiger partial charge in [0.2, 0.25) is 0 Å². The molecule has 0 saturated carbocycles. The number of benzene rings is 2. The highest BCUT2D eigenvalue weighted by Gasteiger charge is 2.15. The fraction of sp³-hybridized carbons (Fsp3) is 0.316. The van der Waals surface area contributed by atoms with E-state index in [0.29, 0.717) is 0 Å². The monoisotopic (exact) mass is 281 g/mol. The Morgan fingerprint density at radius 2 is 1.10 bits per heavy atom. The molecule has 1 amide bonds. The van der Waals surface area contributed by atoms with E-state index in [4.69, 9.17) is 0 Å². The first-order valence-electron chi connectivity index (χ1n) is 7.26. The van der Waals surface area contributed by atoms with Gasteiger partial charge in [0.1, 0.15) is 0 Å². The van der Waals surface area contributed by atoms with Gasteiger partial charge >= 0.3 is 0 Å². The minimum absolute atomic E-state index is 0.0277. The van der Waals surface area contributed by atoms with Crippen LogP contribution in [0, 0.1) is 41.5 Å². The fourth-order valence-electron chi connectivity index (χ4n) is 3.09. The van der Waals surface area contributed by atoms with Crippen molar-refractivity contribution >= 4 is 11.6 Å². The highest BCUT2D eigenvalue weighted by molar-refractivity contribution is 6.07. The molecule has 0 saturated heterocycles. The Kier molecular flexibility index (Phi) is 4.17. The molecule has 0 aliphatic carbocycles. The highest BCUT2D eigenvalue weighted by Crippen LogP contribution is 2.24. The zero-order chi connectivity index (χ0) is 15.7. The molecule has 2 aromatic carbocycles. The summed E-state index contributed by atoms with van der Waals surface area (Å²) in [5, 5.41) is 3.08. The fourth-order valence-corrected chi connectivity index (χ4v) is 3.09. The second-order valence-electron chi connectivity index (χ2n) is 6.00. The summed E-state index contributed by atoms with van der Waals surface area (Å²) < 4.78 is 0. The number of hydrogen-bond donors (Lipinski definition) is 1. The van der Waals surface area contributed by atoms with Crippen molar-refractivity contribution in [2.75, 3.05) is 5.32 Å². The lowest BCUT2D eigenvalue weighted by atomic mass is 9.98. The Morgan fingerprint density at radius 1 is 0.714 bits per heavy atom. The van der Waals surface area contributed by atoms with Crippen LogP contribution >= 0.6 is 0 Å². The van der Waals surface area contributed by atoms with Crippen molar-refractivity contribution in [2.45, 2.75) is 41.5 Å². The van der Waals surface area contributed by atoms with Crippen molar-refractivity contribution in [3.05, 3.63) is 63.2 Å². The molecule has 0 aliphatic heterocycles. The van der Waals surface area contributed by atoms with Crippen molar-refractivity contribution in [1.29, 1.82) is 0 Å². The maximum atomic E-state index is 12.6. The van der Waals surface area contributed by atoms with Crippen LogP contribution in [0.4, 0.5) is 5.69 Å². The van der Waals surface area contributed by atoms with E-state index >= 15 is 0 Å². The normalized spacial score (nSPS) is 10.6. The molecule has 2 aromatic rings. The van der Waals surface area contributed by atoms with E-state index in [1.165, 1.54) is 11.1 Å². The van der Waals surface area contributed by atoms with Gasteiger partial charge in [-0.3, -0.25) is 4.79 Å². The minimum atomic E-state index is -0.0277. The maximum absolute atomic E-state index is 12.6. The number of nitrogens with one attached hydrogen (secondary N) is 1. The highest BCUT2D eigenvalue weighted by atomic mass is 16.1. The van der Waals surface area contributed by atoms with E-state index < -0.39 is 0 Å². The molecule has 2 rings (SSSR count). The summed E-state index contributed by atoms with van der Waals surface area (Å²) in [6.45, 7) is 12.2. The average Bonchev–Trinajstić information content (AvgIpc) is 2.32. The van der Waals surface area contributed by atoms with Crippen molar-refractivity contribution in [1.82, 2.24) is 0 Å². The molecule has 110 valence electrons. The van der Waals surface area contributed by atoms with E-state index in [1.807, 2.05) is 27.7 Å². The predicted molar refractivity (Wildman–Crippen MR) is 89.3 cm³/mol. The van der Waals surface area contributed by atoms with Gasteiger partial charge in [0.25, 0.3) is 5.91 Å². The Hall–Kier alpha value is -2.09. The first-order chi connectivity index (χ1) is 9.79. The summed E-state index contributed by atoms with van der Waals surface area (Å²) in [6.07, 6.45) is 0. The number of aryl methyl sites for hydroxylation is 6. The number of amides is 1. The lowest BCUT2D eigenvalue weighted by Gasteiger charge is -2.15. The van der Waals surface area contributed by atoms with Crippen LogP contribution in [-0.2, 0) is 0 Å². The lowest BCUT2D eigenvalue weighted by molar-refractivity contribution is 0.102. The van der Waals surface area contributed by atoms with Crippen molar-refractivity contribution in [3.8, 4) is 0 Å². The van der Waals surface area contributed by atoms with Crippen molar-refractivity contribution in [3.63, 3.8) is 0 Å². The van der Waals surface area contributed by atoms with Gasteiger partial charge in [0.15, 0.2) is 0 Å². The summed E-state index contributed by atoms with van der Waals surface area (Å²) in [7, 11) is 0. The molecule has 2 nitrogen and oxygen atoms in total. The van der Waals surface area contributed by atoms with Crippen LogP contribution in [0.2, 0.25) is 0 Å². The average molecular weight is 281 g/mol. The van der Waals surface area contributed by atoms with Crippen LogP contribution < -0.4 is 5.32 Å². The topological polar surface area (TPSA) is 29.1 Å². The number of carbonyl (C=O) groups is 1. The number of carbonyl (C=O) groups excluding carboxylic acids is 1. The lowest BCUT2D eigenvalue weighted by Crippen LogP contribution is -2.16. The molecule has 21 heavy (non-hydrogen) atoms. The maximum Gasteiger partial charge on any atom is 0.256 e. The quantitative estimate of drug-likeness (QED) is 0.842. The van der Waals surface area contributed by atoms with Gasteiger partial charge in [-0.15, -0.1) is 0 Å². The first-order valence-corrected chi connectivity index (χ1v) is 7.26. The molecule has 2 heteroatoms. The molecule has 0 fully saturated rings. The van der Waals surface area contributed by atoms with Crippen LogP contribution in [0.3, 0.4) is 0 Å². The molecule has 1 N–H and O–H groups in total. The smallest absolute Gasteiger partial charge is 0.256 e. The summed E-state index contributed by atoms with van der Waals surface area (Å²) in [4.78, 5) is 12.6. The molecule has 0 spiro atoms. The van der Waals surface area contributed by atoms with Gasteiger partial charge in [-0.2, -0.15) is 0 Å². The van der Waals surface area contributed by atoms with Crippen LogP contribution in [0.5, 0.6) is 0 Å². The molecule has 0 radical (unpaired) electrons. The summed E-state index contributed by atoms with van der Waals surface area (Å²) in [5.74, 6) is -0.0277. The third-order valence-electron chi connectivity index (χ3n) is 3.82. The molecule has 0 aromatic heterocycles. The standard InChI is InChI=1S/C19H23NO/c1-11-7-13(3)17(14(4)8-11)19(21)20-18-15(5)9-12(2)10-16(18)6/h7-10H,1-6H3,(H,20,21). The number of rotatable bonds is 2. The Bertz CT molecular complexity index is 667. The zero-order valence-electron chi connectivity index (χ0n) is 13.7. The number of anilines is 1. The van der Waals surface area contributed by atoms with E-state index in [0.717, 1.165) is 33.5 Å². The molecule has 0 heterocycles. The van der Waals surface area contributed by atoms with E-state index in [1.54, 1.807) is 0 Å². The molecule has 0 aliphatic rings.